The summed E-state index contributed by atoms with van der Waals surface area (Å²) in [4.78, 5) is 13.2. The molecule has 2 nitrogen and oxygen atoms in total. The Kier molecular flexibility index (Phi) is 4.43. The smallest absolute Gasteiger partial charge is 0.131 e. The molecule has 1 atom stereocenters. The molecular weight excluding hydrogens is 162 g/mol. The molecule has 0 aromatic rings. The van der Waals surface area contributed by atoms with Crippen LogP contribution in [0.3, 0.4) is 0 Å². The number of carbonyl (C=O) groups is 1. The first-order valence-corrected chi connectivity index (χ1v) is 5.40. The minimum atomic E-state index is 0.317. The number of carbonyl (C=O) groups excluding carboxylic acids is 1. The maximum absolute atomic E-state index is 10.8. The van der Waals surface area contributed by atoms with Gasteiger partial charge in [-0.1, -0.05) is 6.92 Å². The van der Waals surface area contributed by atoms with Crippen molar-refractivity contribution in [3.63, 3.8) is 0 Å². The highest BCUT2D eigenvalue weighted by molar-refractivity contribution is 5.75. The first-order chi connectivity index (χ1) is 6.18. The topological polar surface area (TPSA) is 20.3 Å². The quantitative estimate of drug-likeness (QED) is 0.667. The second kappa shape index (κ2) is 5.38. The molecule has 1 aliphatic rings. The Morgan fingerprint density at radius 1 is 1.38 bits per heavy atom. The first kappa shape index (κ1) is 10.7. The lowest BCUT2D eigenvalue weighted by Crippen LogP contribution is -2.27. The molecule has 1 fully saturated rings. The van der Waals surface area contributed by atoms with E-state index in [2.05, 4.69) is 11.8 Å². The molecule has 76 valence electrons. The largest absolute Gasteiger partial charge is 0.303 e. The zero-order valence-electron chi connectivity index (χ0n) is 8.88. The SMILES string of the molecule is CC(=O)CCN1CCCC(C)CC1. The van der Waals surface area contributed by atoms with E-state index in [-0.39, 0.29) is 0 Å². The van der Waals surface area contributed by atoms with E-state index in [0.29, 0.717) is 5.78 Å². The van der Waals surface area contributed by atoms with Crippen molar-refractivity contribution in [2.75, 3.05) is 19.6 Å². The van der Waals surface area contributed by atoms with Crippen LogP contribution in [0.1, 0.15) is 39.5 Å². The third kappa shape index (κ3) is 4.41. The molecule has 0 aromatic heterocycles. The van der Waals surface area contributed by atoms with Crippen molar-refractivity contribution < 1.29 is 4.79 Å². The van der Waals surface area contributed by atoms with Crippen LogP contribution in [-0.2, 0) is 4.79 Å². The van der Waals surface area contributed by atoms with Gasteiger partial charge in [0.1, 0.15) is 5.78 Å². The Hall–Kier alpha value is -0.370. The Bertz CT molecular complexity index is 167. The number of hydrogen-bond donors (Lipinski definition) is 0. The summed E-state index contributed by atoms with van der Waals surface area (Å²) in [5.74, 6) is 1.19. The molecule has 0 spiro atoms. The van der Waals surface area contributed by atoms with E-state index >= 15 is 0 Å². The molecule has 1 heterocycles. The van der Waals surface area contributed by atoms with Crippen molar-refractivity contribution in [3.8, 4) is 0 Å². The second-order valence-electron chi connectivity index (χ2n) is 4.33. The van der Waals surface area contributed by atoms with Crippen LogP contribution in [0.2, 0.25) is 0 Å². The van der Waals surface area contributed by atoms with Crippen LogP contribution in [0, 0.1) is 5.92 Å². The average Bonchev–Trinajstić information content (AvgIpc) is 2.27. The van der Waals surface area contributed by atoms with Crippen LogP contribution in [-0.4, -0.2) is 30.3 Å². The van der Waals surface area contributed by atoms with E-state index in [0.717, 1.165) is 18.9 Å². The van der Waals surface area contributed by atoms with Crippen LogP contribution >= 0.6 is 0 Å². The predicted octanol–water partition coefficient (Wildman–Crippen LogP) is 2.09. The van der Waals surface area contributed by atoms with Crippen LogP contribution in [0.15, 0.2) is 0 Å². The van der Waals surface area contributed by atoms with Crippen molar-refractivity contribution in [3.05, 3.63) is 0 Å². The standard InChI is InChI=1S/C11H21NO/c1-10-4-3-7-12(8-5-10)9-6-11(2)13/h10H,3-9H2,1-2H3. The molecule has 1 saturated heterocycles. The maximum Gasteiger partial charge on any atom is 0.131 e. The van der Waals surface area contributed by atoms with Gasteiger partial charge in [0.05, 0.1) is 0 Å². The van der Waals surface area contributed by atoms with Gasteiger partial charge in [0.2, 0.25) is 0 Å². The normalized spacial score (nSPS) is 25.5. The molecule has 1 aliphatic heterocycles. The van der Waals surface area contributed by atoms with E-state index < -0.39 is 0 Å². The summed E-state index contributed by atoms with van der Waals surface area (Å²) < 4.78 is 0. The van der Waals surface area contributed by atoms with Crippen LogP contribution in [0.25, 0.3) is 0 Å². The zero-order valence-corrected chi connectivity index (χ0v) is 8.88. The van der Waals surface area contributed by atoms with Gasteiger partial charge in [-0.05, 0) is 45.2 Å². The molecule has 0 amide bonds. The van der Waals surface area contributed by atoms with Gasteiger partial charge in [-0.3, -0.25) is 4.79 Å². The summed E-state index contributed by atoms with van der Waals surface area (Å²) in [5, 5.41) is 0. The van der Waals surface area contributed by atoms with E-state index in [1.54, 1.807) is 6.92 Å². The Labute approximate surface area is 81.3 Å². The third-order valence-electron chi connectivity index (χ3n) is 2.89. The number of likely N-dealkylation sites (tertiary alicyclic amines) is 1. The van der Waals surface area contributed by atoms with Gasteiger partial charge in [-0.15, -0.1) is 0 Å². The van der Waals surface area contributed by atoms with Crippen LogP contribution in [0.4, 0.5) is 0 Å². The lowest BCUT2D eigenvalue weighted by atomic mass is 10.0. The fourth-order valence-corrected chi connectivity index (χ4v) is 1.86. The highest BCUT2D eigenvalue weighted by atomic mass is 16.1. The van der Waals surface area contributed by atoms with Gasteiger partial charge < -0.3 is 4.90 Å². The number of ketones is 1. The van der Waals surface area contributed by atoms with E-state index in [1.165, 1.54) is 32.4 Å². The minimum absolute atomic E-state index is 0.317. The average molecular weight is 183 g/mol. The summed E-state index contributed by atoms with van der Waals surface area (Å²) in [7, 11) is 0. The third-order valence-corrected chi connectivity index (χ3v) is 2.89. The lowest BCUT2D eigenvalue weighted by molar-refractivity contribution is -0.117. The van der Waals surface area contributed by atoms with Crippen molar-refractivity contribution in [2.24, 2.45) is 5.92 Å². The van der Waals surface area contributed by atoms with Gasteiger partial charge >= 0.3 is 0 Å². The Balaban J connectivity index is 2.22. The van der Waals surface area contributed by atoms with Crippen LogP contribution in [0.5, 0.6) is 0 Å². The van der Waals surface area contributed by atoms with Crippen molar-refractivity contribution >= 4 is 5.78 Å². The number of hydrogen-bond acceptors (Lipinski definition) is 2. The van der Waals surface area contributed by atoms with Crippen molar-refractivity contribution in [2.45, 2.75) is 39.5 Å². The highest BCUT2D eigenvalue weighted by Crippen LogP contribution is 2.16. The minimum Gasteiger partial charge on any atom is -0.303 e. The zero-order chi connectivity index (χ0) is 9.68. The summed E-state index contributed by atoms with van der Waals surface area (Å²) in [5.41, 5.74) is 0. The molecule has 2 heteroatoms. The maximum atomic E-state index is 10.8. The van der Waals surface area contributed by atoms with Crippen molar-refractivity contribution in [1.29, 1.82) is 0 Å². The molecule has 1 unspecified atom stereocenters. The molecular formula is C11H21NO. The van der Waals surface area contributed by atoms with E-state index in [9.17, 15) is 4.79 Å². The highest BCUT2D eigenvalue weighted by Gasteiger charge is 2.13. The molecule has 13 heavy (non-hydrogen) atoms. The molecule has 0 N–H and O–H groups in total. The van der Waals surface area contributed by atoms with Crippen molar-refractivity contribution in [1.82, 2.24) is 4.90 Å². The number of Topliss-reactive ketones (excluding diaryl/α,β-unsaturated/α-hetero) is 1. The second-order valence-corrected chi connectivity index (χ2v) is 4.33. The van der Waals surface area contributed by atoms with Gasteiger partial charge in [0.25, 0.3) is 0 Å². The molecule has 0 aromatic carbocycles. The summed E-state index contributed by atoms with van der Waals surface area (Å²) in [6, 6.07) is 0. The van der Waals surface area contributed by atoms with Crippen LogP contribution < -0.4 is 0 Å². The molecule has 0 radical (unpaired) electrons. The molecule has 0 saturated carbocycles. The number of nitrogens with zero attached hydrogens (tertiary/aromatic N) is 1. The van der Waals surface area contributed by atoms with E-state index in [1.807, 2.05) is 0 Å². The monoisotopic (exact) mass is 183 g/mol. The predicted molar refractivity (Wildman–Crippen MR) is 54.8 cm³/mol. The fraction of sp³-hybridized carbons (Fsp3) is 0.909. The summed E-state index contributed by atoms with van der Waals surface area (Å²) in [6.07, 6.45) is 4.70. The summed E-state index contributed by atoms with van der Waals surface area (Å²) in [6.45, 7) is 7.36. The van der Waals surface area contributed by atoms with Gasteiger partial charge in [0, 0.05) is 13.0 Å². The van der Waals surface area contributed by atoms with Gasteiger partial charge in [0.15, 0.2) is 0 Å². The molecule has 0 bridgehead atoms. The molecule has 0 aliphatic carbocycles. The van der Waals surface area contributed by atoms with E-state index in [4.69, 9.17) is 0 Å². The Morgan fingerprint density at radius 2 is 2.15 bits per heavy atom. The molecule has 1 rings (SSSR count). The van der Waals surface area contributed by atoms with Gasteiger partial charge in [-0.25, -0.2) is 0 Å². The lowest BCUT2D eigenvalue weighted by Gasteiger charge is -2.18. The van der Waals surface area contributed by atoms with Gasteiger partial charge in [-0.2, -0.15) is 0 Å². The number of rotatable bonds is 3. The fourth-order valence-electron chi connectivity index (χ4n) is 1.86. The summed E-state index contributed by atoms with van der Waals surface area (Å²) >= 11 is 0. The first-order valence-electron chi connectivity index (χ1n) is 5.40. The Morgan fingerprint density at radius 3 is 2.85 bits per heavy atom.